The molecule has 18 heavy (non-hydrogen) atoms. The number of benzene rings is 1. The fourth-order valence-electron chi connectivity index (χ4n) is 1.89. The molecule has 0 aliphatic heterocycles. The minimum Gasteiger partial charge on any atom is -0.508 e. The zero-order valence-corrected chi connectivity index (χ0v) is 9.70. The summed E-state index contributed by atoms with van der Waals surface area (Å²) in [5.74, 6) is 1.31. The number of hydrogen-bond acceptors (Lipinski definition) is 5. The SMILES string of the molecule is Cn1c(-c2ccc(O)cc2)nc2c(N)ncnc21. The first-order valence-corrected chi connectivity index (χ1v) is 5.39. The standard InChI is InChI=1S/C12H11N5O/c1-17-11(7-2-4-8(18)5-3-7)16-9-10(13)14-6-15-12(9)17/h2-6,18H,1H3,(H2,13,14,15). The van der Waals surface area contributed by atoms with Gasteiger partial charge in [0.25, 0.3) is 0 Å². The number of phenols is 1. The van der Waals surface area contributed by atoms with E-state index in [4.69, 9.17) is 5.73 Å². The maximum atomic E-state index is 9.29. The molecule has 0 saturated carbocycles. The quantitative estimate of drug-likeness (QED) is 0.670. The molecule has 1 aromatic carbocycles. The Balaban J connectivity index is 2.27. The van der Waals surface area contributed by atoms with Gasteiger partial charge in [-0.25, -0.2) is 15.0 Å². The molecule has 0 spiro atoms. The third-order valence-corrected chi connectivity index (χ3v) is 2.81. The lowest BCUT2D eigenvalue weighted by Crippen LogP contribution is -1.95. The van der Waals surface area contributed by atoms with E-state index in [2.05, 4.69) is 15.0 Å². The van der Waals surface area contributed by atoms with E-state index in [9.17, 15) is 5.11 Å². The number of aromatic hydroxyl groups is 1. The van der Waals surface area contributed by atoms with Crippen molar-refractivity contribution in [2.24, 2.45) is 7.05 Å². The van der Waals surface area contributed by atoms with Crippen molar-refractivity contribution in [2.45, 2.75) is 0 Å². The minimum atomic E-state index is 0.219. The molecule has 0 radical (unpaired) electrons. The Morgan fingerprint density at radius 1 is 1.17 bits per heavy atom. The van der Waals surface area contributed by atoms with Gasteiger partial charge < -0.3 is 15.4 Å². The van der Waals surface area contributed by atoms with E-state index in [1.165, 1.54) is 6.33 Å². The first kappa shape index (κ1) is 10.5. The number of aromatic nitrogens is 4. The summed E-state index contributed by atoms with van der Waals surface area (Å²) in [6.07, 6.45) is 1.42. The van der Waals surface area contributed by atoms with Crippen LogP contribution in [-0.4, -0.2) is 24.6 Å². The third-order valence-electron chi connectivity index (χ3n) is 2.81. The van der Waals surface area contributed by atoms with E-state index in [0.717, 1.165) is 11.4 Å². The number of aryl methyl sites for hydroxylation is 1. The zero-order valence-electron chi connectivity index (χ0n) is 9.70. The normalized spacial score (nSPS) is 10.9. The van der Waals surface area contributed by atoms with Crippen LogP contribution in [0.15, 0.2) is 30.6 Å². The Morgan fingerprint density at radius 2 is 1.89 bits per heavy atom. The molecule has 3 N–H and O–H groups in total. The molecule has 90 valence electrons. The molecule has 3 aromatic rings. The lowest BCUT2D eigenvalue weighted by atomic mass is 10.2. The van der Waals surface area contributed by atoms with E-state index in [1.807, 2.05) is 11.6 Å². The number of rotatable bonds is 1. The van der Waals surface area contributed by atoms with Crippen LogP contribution in [0.3, 0.4) is 0 Å². The van der Waals surface area contributed by atoms with Crippen LogP contribution in [0.2, 0.25) is 0 Å². The Hall–Kier alpha value is -2.63. The number of imidazole rings is 1. The molecule has 0 bridgehead atoms. The van der Waals surface area contributed by atoms with E-state index in [0.29, 0.717) is 17.0 Å². The molecule has 0 atom stereocenters. The molecule has 0 aliphatic rings. The summed E-state index contributed by atoms with van der Waals surface area (Å²) in [6.45, 7) is 0. The van der Waals surface area contributed by atoms with Gasteiger partial charge in [0.1, 0.15) is 17.9 Å². The molecule has 2 aromatic heterocycles. The van der Waals surface area contributed by atoms with Crippen LogP contribution in [0, 0.1) is 0 Å². The van der Waals surface area contributed by atoms with E-state index in [1.54, 1.807) is 24.3 Å². The van der Waals surface area contributed by atoms with Crippen molar-refractivity contribution in [2.75, 3.05) is 5.73 Å². The Morgan fingerprint density at radius 3 is 2.56 bits per heavy atom. The van der Waals surface area contributed by atoms with Crippen LogP contribution in [-0.2, 0) is 7.05 Å². The monoisotopic (exact) mass is 241 g/mol. The molecule has 0 saturated heterocycles. The predicted molar refractivity (Wildman–Crippen MR) is 67.8 cm³/mol. The first-order chi connectivity index (χ1) is 8.66. The van der Waals surface area contributed by atoms with Gasteiger partial charge in [0.15, 0.2) is 17.0 Å². The maximum Gasteiger partial charge on any atom is 0.165 e. The molecule has 3 rings (SSSR count). The highest BCUT2D eigenvalue weighted by Gasteiger charge is 2.13. The Kier molecular flexibility index (Phi) is 2.16. The molecular formula is C12H11N5O. The highest BCUT2D eigenvalue weighted by atomic mass is 16.3. The van der Waals surface area contributed by atoms with Crippen molar-refractivity contribution in [3.63, 3.8) is 0 Å². The molecular weight excluding hydrogens is 230 g/mol. The average molecular weight is 241 g/mol. The van der Waals surface area contributed by atoms with Gasteiger partial charge in [0.05, 0.1) is 0 Å². The molecule has 2 heterocycles. The van der Waals surface area contributed by atoms with Gasteiger partial charge in [0, 0.05) is 12.6 Å². The summed E-state index contributed by atoms with van der Waals surface area (Å²) in [4.78, 5) is 12.5. The van der Waals surface area contributed by atoms with Crippen LogP contribution in [0.1, 0.15) is 0 Å². The number of nitrogens with two attached hydrogens (primary N) is 1. The minimum absolute atomic E-state index is 0.219. The molecule has 0 aliphatic carbocycles. The second kappa shape index (κ2) is 3.69. The van der Waals surface area contributed by atoms with E-state index < -0.39 is 0 Å². The van der Waals surface area contributed by atoms with Crippen molar-refractivity contribution in [3.05, 3.63) is 30.6 Å². The number of phenolic OH excluding ortho intramolecular Hbond substituents is 1. The van der Waals surface area contributed by atoms with Gasteiger partial charge in [-0.2, -0.15) is 0 Å². The summed E-state index contributed by atoms with van der Waals surface area (Å²) in [7, 11) is 1.87. The lowest BCUT2D eigenvalue weighted by Gasteiger charge is -2.01. The van der Waals surface area contributed by atoms with Crippen molar-refractivity contribution in [1.29, 1.82) is 0 Å². The maximum absolute atomic E-state index is 9.29. The van der Waals surface area contributed by atoms with Crippen molar-refractivity contribution in [3.8, 4) is 17.1 Å². The van der Waals surface area contributed by atoms with E-state index in [-0.39, 0.29) is 5.75 Å². The molecule has 6 heteroatoms. The predicted octanol–water partition coefficient (Wildman–Crippen LogP) is 1.32. The highest BCUT2D eigenvalue weighted by molar-refractivity contribution is 5.85. The number of fused-ring (bicyclic) bond motifs is 1. The van der Waals surface area contributed by atoms with Crippen molar-refractivity contribution in [1.82, 2.24) is 19.5 Å². The Bertz CT molecular complexity index is 717. The van der Waals surface area contributed by atoms with Crippen LogP contribution in [0.25, 0.3) is 22.6 Å². The first-order valence-electron chi connectivity index (χ1n) is 5.39. The topological polar surface area (TPSA) is 89.8 Å². The summed E-state index contributed by atoms with van der Waals surface area (Å²) >= 11 is 0. The van der Waals surface area contributed by atoms with Gasteiger partial charge >= 0.3 is 0 Å². The van der Waals surface area contributed by atoms with E-state index >= 15 is 0 Å². The zero-order chi connectivity index (χ0) is 12.7. The second-order valence-corrected chi connectivity index (χ2v) is 3.97. The smallest absolute Gasteiger partial charge is 0.165 e. The largest absolute Gasteiger partial charge is 0.508 e. The molecule has 0 unspecified atom stereocenters. The molecule has 0 fully saturated rings. The summed E-state index contributed by atoms with van der Waals surface area (Å²) in [5, 5.41) is 9.29. The highest BCUT2D eigenvalue weighted by Crippen LogP contribution is 2.25. The number of nitrogens with zero attached hydrogens (tertiary/aromatic N) is 4. The lowest BCUT2D eigenvalue weighted by molar-refractivity contribution is 0.475. The Labute approximate surface area is 103 Å². The fourth-order valence-corrected chi connectivity index (χ4v) is 1.89. The summed E-state index contributed by atoms with van der Waals surface area (Å²) < 4.78 is 1.85. The summed E-state index contributed by atoms with van der Waals surface area (Å²) in [5.41, 5.74) is 7.93. The number of hydrogen-bond donors (Lipinski definition) is 2. The number of anilines is 1. The number of nitrogen functional groups attached to an aromatic ring is 1. The van der Waals surface area contributed by atoms with Crippen LogP contribution in [0.4, 0.5) is 5.82 Å². The van der Waals surface area contributed by atoms with Gasteiger partial charge in [-0.15, -0.1) is 0 Å². The van der Waals surface area contributed by atoms with Gasteiger partial charge in [-0.3, -0.25) is 0 Å². The fraction of sp³-hybridized carbons (Fsp3) is 0.0833. The average Bonchev–Trinajstić information content (AvgIpc) is 2.70. The van der Waals surface area contributed by atoms with Crippen molar-refractivity contribution >= 4 is 17.0 Å². The summed E-state index contributed by atoms with van der Waals surface area (Å²) in [6, 6.07) is 6.81. The second-order valence-electron chi connectivity index (χ2n) is 3.97. The van der Waals surface area contributed by atoms with Crippen LogP contribution < -0.4 is 5.73 Å². The van der Waals surface area contributed by atoms with Crippen molar-refractivity contribution < 1.29 is 5.11 Å². The van der Waals surface area contributed by atoms with Gasteiger partial charge in [0.2, 0.25) is 0 Å². The third kappa shape index (κ3) is 1.46. The van der Waals surface area contributed by atoms with Crippen LogP contribution in [0.5, 0.6) is 5.75 Å². The molecule has 6 nitrogen and oxygen atoms in total. The van der Waals surface area contributed by atoms with Gasteiger partial charge in [-0.1, -0.05) is 0 Å². The van der Waals surface area contributed by atoms with Crippen LogP contribution >= 0.6 is 0 Å². The van der Waals surface area contributed by atoms with Gasteiger partial charge in [-0.05, 0) is 24.3 Å². The molecule has 0 amide bonds.